The fraction of sp³-hybridized carbons (Fsp3) is 0.200. The molecule has 1 atom stereocenters. The molecule has 1 aliphatic heterocycles. The summed E-state index contributed by atoms with van der Waals surface area (Å²) in [6, 6.07) is 10.6. The van der Waals surface area contributed by atoms with Gasteiger partial charge in [0.2, 0.25) is 10.0 Å². The lowest BCUT2D eigenvalue weighted by Crippen LogP contribution is -2.30. The maximum Gasteiger partial charge on any atom is 0.269 e. The molecule has 2 aromatic rings. The van der Waals surface area contributed by atoms with Crippen molar-refractivity contribution in [1.29, 1.82) is 0 Å². The number of sulfonamides is 1. The number of thioether (sulfide) groups is 1. The van der Waals surface area contributed by atoms with Crippen LogP contribution in [-0.2, 0) is 10.0 Å². The Bertz CT molecular complexity index is 871. The Balaban J connectivity index is 1.97. The minimum Gasteiger partial charge on any atom is -0.258 e. The van der Waals surface area contributed by atoms with Crippen LogP contribution in [0, 0.1) is 15.9 Å². The van der Waals surface area contributed by atoms with E-state index in [1.165, 1.54) is 46.4 Å². The molecule has 126 valence electrons. The molecule has 1 aliphatic rings. The van der Waals surface area contributed by atoms with E-state index in [4.69, 9.17) is 0 Å². The van der Waals surface area contributed by atoms with E-state index in [-0.39, 0.29) is 17.1 Å². The van der Waals surface area contributed by atoms with E-state index in [0.717, 1.165) is 12.1 Å². The van der Waals surface area contributed by atoms with Gasteiger partial charge in [-0.25, -0.2) is 12.8 Å². The Kier molecular flexibility index (Phi) is 4.57. The zero-order chi connectivity index (χ0) is 17.3. The molecule has 0 saturated carbocycles. The summed E-state index contributed by atoms with van der Waals surface area (Å²) < 4.78 is 39.9. The molecule has 0 amide bonds. The number of halogens is 1. The maximum atomic E-state index is 13.0. The standard InChI is InChI=1S/C15H13FN2O4S2/c16-12-4-6-14(7-5-12)24(21,22)17-8-9-23-15(17)11-2-1-3-13(10-11)18(19)20/h1-7,10,15H,8-9H2/t15-/m0/s1. The molecule has 24 heavy (non-hydrogen) atoms. The van der Waals surface area contributed by atoms with Crippen LogP contribution in [0.25, 0.3) is 0 Å². The quantitative estimate of drug-likeness (QED) is 0.612. The van der Waals surface area contributed by atoms with Crippen molar-refractivity contribution in [3.8, 4) is 0 Å². The fourth-order valence-electron chi connectivity index (χ4n) is 2.50. The predicted octanol–water partition coefficient (Wildman–Crippen LogP) is 3.17. The monoisotopic (exact) mass is 368 g/mol. The molecular weight excluding hydrogens is 355 g/mol. The minimum atomic E-state index is -3.81. The summed E-state index contributed by atoms with van der Waals surface area (Å²) in [6.07, 6.45) is 0. The Morgan fingerprint density at radius 2 is 1.92 bits per heavy atom. The van der Waals surface area contributed by atoms with Crippen molar-refractivity contribution in [2.24, 2.45) is 0 Å². The molecule has 0 radical (unpaired) electrons. The van der Waals surface area contributed by atoms with Crippen molar-refractivity contribution in [2.75, 3.05) is 12.3 Å². The molecule has 0 spiro atoms. The predicted molar refractivity (Wildman–Crippen MR) is 88.6 cm³/mol. The van der Waals surface area contributed by atoms with Crippen LogP contribution in [0.2, 0.25) is 0 Å². The molecule has 0 aromatic heterocycles. The summed E-state index contributed by atoms with van der Waals surface area (Å²) >= 11 is 1.40. The first-order valence-corrected chi connectivity index (χ1v) is 9.52. The van der Waals surface area contributed by atoms with Gasteiger partial charge < -0.3 is 0 Å². The molecule has 9 heteroatoms. The second-order valence-electron chi connectivity index (χ2n) is 5.14. The largest absolute Gasteiger partial charge is 0.269 e. The van der Waals surface area contributed by atoms with Crippen LogP contribution in [0.5, 0.6) is 0 Å². The van der Waals surface area contributed by atoms with Gasteiger partial charge in [0.15, 0.2) is 0 Å². The molecule has 2 aromatic carbocycles. The van der Waals surface area contributed by atoms with Crippen molar-refractivity contribution in [3.05, 3.63) is 70.0 Å². The van der Waals surface area contributed by atoms with E-state index in [0.29, 0.717) is 11.3 Å². The van der Waals surface area contributed by atoms with Gasteiger partial charge in [0.25, 0.3) is 5.69 Å². The van der Waals surface area contributed by atoms with Gasteiger partial charge in [0, 0.05) is 24.4 Å². The van der Waals surface area contributed by atoms with Gasteiger partial charge >= 0.3 is 0 Å². The Hall–Kier alpha value is -1.97. The first kappa shape index (κ1) is 16.9. The summed E-state index contributed by atoms with van der Waals surface area (Å²) in [7, 11) is -3.81. The van der Waals surface area contributed by atoms with Gasteiger partial charge in [-0.2, -0.15) is 4.31 Å². The maximum absolute atomic E-state index is 13.0. The third kappa shape index (κ3) is 3.14. The summed E-state index contributed by atoms with van der Waals surface area (Å²) in [4.78, 5) is 10.4. The summed E-state index contributed by atoms with van der Waals surface area (Å²) in [6.45, 7) is 0.289. The van der Waals surface area contributed by atoms with Gasteiger partial charge in [-0.15, -0.1) is 11.8 Å². The second kappa shape index (κ2) is 6.50. The average Bonchev–Trinajstić information content (AvgIpc) is 3.06. The zero-order valence-electron chi connectivity index (χ0n) is 12.3. The van der Waals surface area contributed by atoms with Gasteiger partial charge in [-0.3, -0.25) is 10.1 Å². The second-order valence-corrected chi connectivity index (χ2v) is 8.22. The molecule has 0 N–H and O–H groups in total. The molecule has 3 rings (SSSR count). The van der Waals surface area contributed by atoms with Gasteiger partial charge in [-0.05, 0) is 29.8 Å². The number of non-ortho nitro benzene ring substituents is 1. The number of rotatable bonds is 4. The van der Waals surface area contributed by atoms with E-state index >= 15 is 0 Å². The topological polar surface area (TPSA) is 80.5 Å². The summed E-state index contributed by atoms with van der Waals surface area (Å²) in [5.74, 6) is 0.0633. The smallest absolute Gasteiger partial charge is 0.258 e. The fourth-order valence-corrected chi connectivity index (χ4v) is 5.73. The Morgan fingerprint density at radius 3 is 2.58 bits per heavy atom. The van der Waals surface area contributed by atoms with E-state index in [2.05, 4.69) is 0 Å². The third-order valence-electron chi connectivity index (χ3n) is 3.64. The van der Waals surface area contributed by atoms with Crippen molar-refractivity contribution in [2.45, 2.75) is 10.3 Å². The lowest BCUT2D eigenvalue weighted by molar-refractivity contribution is -0.384. The van der Waals surface area contributed by atoms with Gasteiger partial charge in [0.05, 0.1) is 15.2 Å². The number of nitro benzene ring substituents is 1. The highest BCUT2D eigenvalue weighted by Gasteiger charge is 2.37. The Labute approximate surface area is 142 Å². The number of hydrogen-bond donors (Lipinski definition) is 0. The lowest BCUT2D eigenvalue weighted by Gasteiger charge is -2.23. The molecule has 6 nitrogen and oxygen atoms in total. The highest BCUT2D eigenvalue weighted by molar-refractivity contribution is 8.01. The SMILES string of the molecule is O=[N+]([O-])c1cccc([C@@H]2SCCN2S(=O)(=O)c2ccc(F)cc2)c1. The highest BCUT2D eigenvalue weighted by Crippen LogP contribution is 2.42. The van der Waals surface area contributed by atoms with Crippen LogP contribution in [0.3, 0.4) is 0 Å². The molecule has 1 heterocycles. The van der Waals surface area contributed by atoms with E-state index in [1.807, 2.05) is 0 Å². The first-order valence-electron chi connectivity index (χ1n) is 7.03. The molecular formula is C15H13FN2O4S2. The van der Waals surface area contributed by atoms with Crippen molar-refractivity contribution < 1.29 is 17.7 Å². The summed E-state index contributed by atoms with van der Waals surface area (Å²) in [5, 5.41) is 10.4. The molecule has 0 unspecified atom stereocenters. The summed E-state index contributed by atoms with van der Waals surface area (Å²) in [5.41, 5.74) is 0.469. The Morgan fingerprint density at radius 1 is 1.21 bits per heavy atom. The van der Waals surface area contributed by atoms with E-state index in [1.54, 1.807) is 6.07 Å². The number of nitrogens with zero attached hydrogens (tertiary/aromatic N) is 2. The van der Waals surface area contributed by atoms with Gasteiger partial charge in [0.1, 0.15) is 5.82 Å². The normalized spacial score (nSPS) is 18.6. The van der Waals surface area contributed by atoms with Gasteiger partial charge in [-0.1, -0.05) is 12.1 Å². The number of nitro groups is 1. The molecule has 1 saturated heterocycles. The molecule has 0 bridgehead atoms. The zero-order valence-corrected chi connectivity index (χ0v) is 14.0. The van der Waals surface area contributed by atoms with Crippen LogP contribution in [0.1, 0.15) is 10.9 Å². The van der Waals surface area contributed by atoms with Crippen molar-refractivity contribution in [3.63, 3.8) is 0 Å². The molecule has 1 fully saturated rings. The lowest BCUT2D eigenvalue weighted by atomic mass is 10.2. The van der Waals surface area contributed by atoms with Crippen molar-refractivity contribution >= 4 is 27.5 Å². The van der Waals surface area contributed by atoms with E-state index in [9.17, 15) is 22.9 Å². The van der Waals surface area contributed by atoms with Crippen LogP contribution < -0.4 is 0 Å². The van der Waals surface area contributed by atoms with Crippen molar-refractivity contribution in [1.82, 2.24) is 4.31 Å². The average molecular weight is 368 g/mol. The number of benzene rings is 2. The first-order chi connectivity index (χ1) is 11.4. The highest BCUT2D eigenvalue weighted by atomic mass is 32.2. The number of hydrogen-bond acceptors (Lipinski definition) is 5. The minimum absolute atomic E-state index is 0.00170. The third-order valence-corrected chi connectivity index (χ3v) is 6.91. The van der Waals surface area contributed by atoms with Crippen LogP contribution in [0.4, 0.5) is 10.1 Å². The van der Waals surface area contributed by atoms with Crippen LogP contribution in [-0.4, -0.2) is 29.9 Å². The van der Waals surface area contributed by atoms with Crippen LogP contribution in [0.15, 0.2) is 53.4 Å². The van der Waals surface area contributed by atoms with E-state index < -0.39 is 26.1 Å². The van der Waals surface area contributed by atoms with Crippen LogP contribution >= 0.6 is 11.8 Å². The molecule has 0 aliphatic carbocycles.